The lowest BCUT2D eigenvalue weighted by Crippen LogP contribution is -2.38. The van der Waals surface area contributed by atoms with E-state index in [4.69, 9.17) is 0 Å². The normalized spacial score (nSPS) is 11.4. The van der Waals surface area contributed by atoms with Crippen LogP contribution in [-0.4, -0.2) is 26.7 Å². The van der Waals surface area contributed by atoms with Crippen LogP contribution in [0.15, 0.2) is 12.4 Å². The molecule has 0 unspecified atom stereocenters. The average Bonchev–Trinajstić information content (AvgIpc) is 2.55. The Hall–Kier alpha value is -0.840. The van der Waals surface area contributed by atoms with Gasteiger partial charge in [-0.05, 0) is 13.8 Å². The molecule has 14 heavy (non-hydrogen) atoms. The monoisotopic (exact) mass is 259 g/mol. The molecule has 0 saturated heterocycles. The van der Waals surface area contributed by atoms with Crippen molar-refractivity contribution in [1.29, 1.82) is 0 Å². The van der Waals surface area contributed by atoms with Gasteiger partial charge in [0.1, 0.15) is 5.82 Å². The summed E-state index contributed by atoms with van der Waals surface area (Å²) in [5.74, 6) is 0.877. The number of nitrogens with zero attached hydrogens (tertiary/aromatic N) is 1. The number of imidazole rings is 1. The van der Waals surface area contributed by atoms with Gasteiger partial charge in [0.2, 0.25) is 5.91 Å². The summed E-state index contributed by atoms with van der Waals surface area (Å²) in [6, 6.07) is 0. The molecule has 0 aliphatic rings. The molecule has 1 heterocycles. The van der Waals surface area contributed by atoms with Gasteiger partial charge in [-0.2, -0.15) is 0 Å². The van der Waals surface area contributed by atoms with Crippen molar-refractivity contribution in [2.45, 2.75) is 24.6 Å². The van der Waals surface area contributed by atoms with Gasteiger partial charge in [-0.1, -0.05) is 15.9 Å². The highest BCUT2D eigenvalue weighted by Gasteiger charge is 2.22. The second kappa shape index (κ2) is 4.59. The number of hydrogen-bond donors (Lipinski definition) is 2. The minimum atomic E-state index is -0.504. The SMILES string of the molecule is CC(C)(Br)C(=O)NCCc1ncc[nH]1. The van der Waals surface area contributed by atoms with E-state index in [1.54, 1.807) is 12.4 Å². The third-order valence-electron chi connectivity index (χ3n) is 1.74. The summed E-state index contributed by atoms with van der Waals surface area (Å²) >= 11 is 3.29. The lowest BCUT2D eigenvalue weighted by molar-refractivity contribution is -0.122. The molecule has 1 aromatic rings. The Bertz CT molecular complexity index is 290. The minimum Gasteiger partial charge on any atom is -0.354 e. The van der Waals surface area contributed by atoms with E-state index < -0.39 is 4.32 Å². The maximum atomic E-state index is 11.4. The first-order chi connectivity index (χ1) is 6.50. The van der Waals surface area contributed by atoms with Crippen LogP contribution in [0.1, 0.15) is 19.7 Å². The van der Waals surface area contributed by atoms with E-state index >= 15 is 0 Å². The Balaban J connectivity index is 2.26. The number of alkyl halides is 1. The Morgan fingerprint density at radius 1 is 1.71 bits per heavy atom. The van der Waals surface area contributed by atoms with Crippen molar-refractivity contribution in [3.63, 3.8) is 0 Å². The average molecular weight is 260 g/mol. The Kier molecular flexibility index (Phi) is 3.69. The maximum absolute atomic E-state index is 11.4. The number of aromatic nitrogens is 2. The van der Waals surface area contributed by atoms with Gasteiger partial charge in [-0.25, -0.2) is 4.98 Å². The first-order valence-corrected chi connectivity index (χ1v) is 5.25. The van der Waals surface area contributed by atoms with Crippen LogP contribution in [0.5, 0.6) is 0 Å². The van der Waals surface area contributed by atoms with E-state index in [9.17, 15) is 4.79 Å². The van der Waals surface area contributed by atoms with Gasteiger partial charge >= 0.3 is 0 Å². The smallest absolute Gasteiger partial charge is 0.236 e. The zero-order valence-corrected chi connectivity index (χ0v) is 9.89. The van der Waals surface area contributed by atoms with Crippen molar-refractivity contribution < 1.29 is 4.79 Å². The molecule has 0 aromatic carbocycles. The van der Waals surface area contributed by atoms with E-state index in [0.29, 0.717) is 6.54 Å². The molecule has 0 aliphatic carbocycles. The van der Waals surface area contributed by atoms with Crippen molar-refractivity contribution >= 4 is 21.8 Å². The standard InChI is InChI=1S/C9H14BrN3O/c1-9(2,10)8(14)13-4-3-7-11-5-6-12-7/h5-6H,3-4H2,1-2H3,(H,11,12)(H,13,14). The predicted molar refractivity (Wildman–Crippen MR) is 58.3 cm³/mol. The summed E-state index contributed by atoms with van der Waals surface area (Å²) < 4.78 is -0.504. The third kappa shape index (κ3) is 3.49. The zero-order valence-electron chi connectivity index (χ0n) is 8.30. The number of carbonyl (C=O) groups is 1. The highest BCUT2D eigenvalue weighted by Crippen LogP contribution is 2.14. The van der Waals surface area contributed by atoms with Gasteiger partial charge in [0.15, 0.2) is 0 Å². The van der Waals surface area contributed by atoms with Crippen molar-refractivity contribution in [3.8, 4) is 0 Å². The second-order valence-corrected chi connectivity index (χ2v) is 5.50. The molecule has 0 saturated carbocycles. The Morgan fingerprint density at radius 3 is 2.93 bits per heavy atom. The fourth-order valence-corrected chi connectivity index (χ4v) is 1.08. The summed E-state index contributed by atoms with van der Waals surface area (Å²) in [6.45, 7) is 4.23. The number of halogens is 1. The first-order valence-electron chi connectivity index (χ1n) is 4.45. The van der Waals surface area contributed by atoms with Crippen molar-refractivity contribution in [2.75, 3.05) is 6.54 Å². The molecule has 0 radical (unpaired) electrons. The minimum absolute atomic E-state index is 0.0101. The Morgan fingerprint density at radius 2 is 2.43 bits per heavy atom. The molecule has 1 amide bonds. The quantitative estimate of drug-likeness (QED) is 0.800. The van der Waals surface area contributed by atoms with Gasteiger partial charge in [0.05, 0.1) is 4.32 Å². The van der Waals surface area contributed by atoms with E-state index in [2.05, 4.69) is 31.2 Å². The fraction of sp³-hybridized carbons (Fsp3) is 0.556. The van der Waals surface area contributed by atoms with Gasteiger partial charge in [-0.15, -0.1) is 0 Å². The molecular formula is C9H14BrN3O. The number of aromatic amines is 1. The molecule has 1 aromatic heterocycles. The summed E-state index contributed by atoms with van der Waals surface area (Å²) in [4.78, 5) is 18.4. The zero-order chi connectivity index (χ0) is 10.6. The summed E-state index contributed by atoms with van der Waals surface area (Å²) in [5.41, 5.74) is 0. The molecule has 0 atom stereocenters. The van der Waals surface area contributed by atoms with Crippen LogP contribution >= 0.6 is 15.9 Å². The number of nitrogens with one attached hydrogen (secondary N) is 2. The van der Waals surface area contributed by atoms with E-state index in [-0.39, 0.29) is 5.91 Å². The molecule has 1 rings (SSSR count). The molecule has 4 nitrogen and oxygen atoms in total. The first kappa shape index (κ1) is 11.2. The summed E-state index contributed by atoms with van der Waals surface area (Å²) in [5, 5.41) is 2.82. The highest BCUT2D eigenvalue weighted by molar-refractivity contribution is 9.10. The van der Waals surface area contributed by atoms with Gasteiger partial charge in [0, 0.05) is 25.4 Å². The van der Waals surface area contributed by atoms with Crippen LogP contribution in [0.4, 0.5) is 0 Å². The number of hydrogen-bond acceptors (Lipinski definition) is 2. The van der Waals surface area contributed by atoms with Crippen LogP contribution in [0, 0.1) is 0 Å². The van der Waals surface area contributed by atoms with Crippen molar-refractivity contribution in [2.24, 2.45) is 0 Å². The summed E-state index contributed by atoms with van der Waals surface area (Å²) in [7, 11) is 0. The van der Waals surface area contributed by atoms with Crippen LogP contribution < -0.4 is 5.32 Å². The van der Waals surface area contributed by atoms with Crippen molar-refractivity contribution in [1.82, 2.24) is 15.3 Å². The molecule has 0 bridgehead atoms. The third-order valence-corrected chi connectivity index (χ3v) is 2.10. The molecule has 5 heteroatoms. The van der Waals surface area contributed by atoms with Crippen LogP contribution in [-0.2, 0) is 11.2 Å². The van der Waals surface area contributed by atoms with Crippen LogP contribution in [0.2, 0.25) is 0 Å². The van der Waals surface area contributed by atoms with Crippen LogP contribution in [0.25, 0.3) is 0 Å². The topological polar surface area (TPSA) is 57.8 Å². The predicted octanol–water partition coefficient (Wildman–Crippen LogP) is 1.24. The lowest BCUT2D eigenvalue weighted by Gasteiger charge is -2.15. The van der Waals surface area contributed by atoms with Crippen molar-refractivity contribution in [3.05, 3.63) is 18.2 Å². The van der Waals surface area contributed by atoms with Gasteiger partial charge in [0.25, 0.3) is 0 Å². The molecular weight excluding hydrogens is 246 g/mol. The maximum Gasteiger partial charge on any atom is 0.236 e. The Labute approximate surface area is 91.6 Å². The number of H-pyrrole nitrogens is 1. The van der Waals surface area contributed by atoms with E-state index in [0.717, 1.165) is 12.2 Å². The lowest BCUT2D eigenvalue weighted by atomic mass is 10.2. The summed E-state index contributed by atoms with van der Waals surface area (Å²) in [6.07, 6.45) is 4.19. The molecule has 0 spiro atoms. The number of rotatable bonds is 4. The highest BCUT2D eigenvalue weighted by atomic mass is 79.9. The van der Waals surface area contributed by atoms with Crippen LogP contribution in [0.3, 0.4) is 0 Å². The molecule has 0 aliphatic heterocycles. The molecule has 2 N–H and O–H groups in total. The van der Waals surface area contributed by atoms with E-state index in [1.807, 2.05) is 13.8 Å². The van der Waals surface area contributed by atoms with E-state index in [1.165, 1.54) is 0 Å². The largest absolute Gasteiger partial charge is 0.354 e. The molecule has 0 fully saturated rings. The number of carbonyl (C=O) groups excluding carboxylic acids is 1. The number of amides is 1. The molecule has 78 valence electrons. The van der Waals surface area contributed by atoms with Gasteiger partial charge in [-0.3, -0.25) is 4.79 Å². The fourth-order valence-electron chi connectivity index (χ4n) is 0.939. The second-order valence-electron chi connectivity index (χ2n) is 3.51. The van der Waals surface area contributed by atoms with Gasteiger partial charge < -0.3 is 10.3 Å².